The number of aliphatic hydroxyl groups excluding tert-OH is 1. The van der Waals surface area contributed by atoms with E-state index in [4.69, 9.17) is 0 Å². The Morgan fingerprint density at radius 1 is 1.17 bits per heavy atom. The number of carbonyl (C=O) groups is 1. The number of rotatable bonds is 6. The van der Waals surface area contributed by atoms with Crippen molar-refractivity contribution in [2.45, 2.75) is 32.2 Å². The Balaban J connectivity index is 2.22. The van der Waals surface area contributed by atoms with Gasteiger partial charge in [0.2, 0.25) is 0 Å². The molecule has 4 heteroatoms. The van der Waals surface area contributed by atoms with Crippen LogP contribution in [0.2, 0.25) is 0 Å². The summed E-state index contributed by atoms with van der Waals surface area (Å²) in [5, 5.41) is 9.35. The van der Waals surface area contributed by atoms with Crippen LogP contribution in [0.5, 0.6) is 0 Å². The summed E-state index contributed by atoms with van der Waals surface area (Å²) in [5.41, 5.74) is 2.55. The molecule has 0 bridgehead atoms. The lowest BCUT2D eigenvalue weighted by atomic mass is 10.0. The molecule has 1 atom stereocenters. The first-order valence-electron chi connectivity index (χ1n) is 7.93. The van der Waals surface area contributed by atoms with Gasteiger partial charge in [-0.05, 0) is 30.0 Å². The van der Waals surface area contributed by atoms with Crippen molar-refractivity contribution in [1.29, 1.82) is 0 Å². The third-order valence-electron chi connectivity index (χ3n) is 4.00. The summed E-state index contributed by atoms with van der Waals surface area (Å²) in [7, 11) is 1.77. The smallest absolute Gasteiger partial charge is 0.255 e. The molecular weight excluding hydrogens is 288 g/mol. The van der Waals surface area contributed by atoms with Gasteiger partial charge in [0.15, 0.2) is 0 Å². The van der Waals surface area contributed by atoms with Gasteiger partial charge in [-0.25, -0.2) is 0 Å². The first kappa shape index (κ1) is 17.2. The average Bonchev–Trinajstić information content (AvgIpc) is 2.59. The van der Waals surface area contributed by atoms with Gasteiger partial charge in [0.25, 0.3) is 5.91 Å². The van der Waals surface area contributed by atoms with E-state index in [2.05, 4.69) is 18.8 Å². The number of aliphatic hydroxyl groups is 1. The van der Waals surface area contributed by atoms with E-state index >= 15 is 0 Å². The van der Waals surface area contributed by atoms with Crippen molar-refractivity contribution in [3.05, 3.63) is 65.5 Å². The van der Waals surface area contributed by atoms with Gasteiger partial charge in [0, 0.05) is 25.5 Å². The molecule has 0 fully saturated rings. The van der Waals surface area contributed by atoms with E-state index in [9.17, 15) is 9.90 Å². The monoisotopic (exact) mass is 312 g/mol. The Morgan fingerprint density at radius 3 is 2.39 bits per heavy atom. The van der Waals surface area contributed by atoms with Crippen molar-refractivity contribution in [3.63, 3.8) is 0 Å². The molecule has 1 amide bonds. The molecule has 0 saturated heterocycles. The van der Waals surface area contributed by atoms with E-state index in [0.29, 0.717) is 17.9 Å². The Hall–Kier alpha value is -2.20. The van der Waals surface area contributed by atoms with Crippen molar-refractivity contribution in [3.8, 4) is 0 Å². The highest BCUT2D eigenvalue weighted by Crippen LogP contribution is 2.24. The first-order valence-corrected chi connectivity index (χ1v) is 7.93. The zero-order valence-electron chi connectivity index (χ0n) is 13.9. The maximum absolute atomic E-state index is 12.7. The highest BCUT2D eigenvalue weighted by Gasteiger charge is 2.22. The van der Waals surface area contributed by atoms with Crippen LogP contribution in [0.4, 0.5) is 0 Å². The fourth-order valence-corrected chi connectivity index (χ4v) is 2.60. The topological polar surface area (TPSA) is 53.4 Å². The lowest BCUT2D eigenvalue weighted by molar-refractivity contribution is 0.0704. The number of pyridine rings is 1. The van der Waals surface area contributed by atoms with Crippen molar-refractivity contribution in [2.24, 2.45) is 0 Å². The van der Waals surface area contributed by atoms with Gasteiger partial charge in [-0.15, -0.1) is 0 Å². The Kier molecular flexibility index (Phi) is 5.88. The van der Waals surface area contributed by atoms with Crippen LogP contribution in [0.25, 0.3) is 0 Å². The SMILES string of the molecule is CC(C)c1ccc(C(=O)N(C)C(CCO)c2ccccc2)cn1. The van der Waals surface area contributed by atoms with Crippen molar-refractivity contribution in [1.82, 2.24) is 9.88 Å². The van der Waals surface area contributed by atoms with Crippen LogP contribution < -0.4 is 0 Å². The number of amides is 1. The van der Waals surface area contributed by atoms with Gasteiger partial charge < -0.3 is 10.0 Å². The highest BCUT2D eigenvalue weighted by molar-refractivity contribution is 5.94. The molecule has 1 unspecified atom stereocenters. The fraction of sp³-hybridized carbons (Fsp3) is 0.368. The normalized spacial score (nSPS) is 12.2. The molecule has 0 aliphatic carbocycles. The number of hydrogen-bond donors (Lipinski definition) is 1. The number of aromatic nitrogens is 1. The molecule has 2 aromatic rings. The molecule has 0 spiro atoms. The lowest BCUT2D eigenvalue weighted by Gasteiger charge is -2.28. The van der Waals surface area contributed by atoms with E-state index in [1.807, 2.05) is 42.5 Å². The molecule has 23 heavy (non-hydrogen) atoms. The fourth-order valence-electron chi connectivity index (χ4n) is 2.60. The van der Waals surface area contributed by atoms with Gasteiger partial charge >= 0.3 is 0 Å². The minimum Gasteiger partial charge on any atom is -0.396 e. The first-order chi connectivity index (χ1) is 11.0. The molecule has 122 valence electrons. The summed E-state index contributed by atoms with van der Waals surface area (Å²) in [6.45, 7) is 4.17. The van der Waals surface area contributed by atoms with Crippen LogP contribution in [-0.2, 0) is 0 Å². The van der Waals surface area contributed by atoms with Gasteiger partial charge in [0.1, 0.15) is 0 Å². The second kappa shape index (κ2) is 7.88. The largest absolute Gasteiger partial charge is 0.396 e. The molecule has 4 nitrogen and oxygen atoms in total. The summed E-state index contributed by atoms with van der Waals surface area (Å²) in [5.74, 6) is 0.249. The van der Waals surface area contributed by atoms with Crippen LogP contribution in [0.3, 0.4) is 0 Å². The molecular formula is C19H24N2O2. The van der Waals surface area contributed by atoms with Gasteiger partial charge in [-0.3, -0.25) is 9.78 Å². The minimum absolute atomic E-state index is 0.0295. The molecule has 1 aromatic heterocycles. The van der Waals surface area contributed by atoms with Crippen LogP contribution in [0.15, 0.2) is 48.7 Å². The van der Waals surface area contributed by atoms with Crippen molar-refractivity contribution in [2.75, 3.05) is 13.7 Å². The van der Waals surface area contributed by atoms with Crippen molar-refractivity contribution >= 4 is 5.91 Å². The Bertz CT molecular complexity index is 624. The zero-order valence-corrected chi connectivity index (χ0v) is 13.9. The predicted octanol–water partition coefficient (Wildman–Crippen LogP) is 3.40. The summed E-state index contributed by atoms with van der Waals surface area (Å²) in [6, 6.07) is 13.3. The van der Waals surface area contributed by atoms with Crippen LogP contribution in [0, 0.1) is 0 Å². The van der Waals surface area contributed by atoms with Crippen LogP contribution >= 0.6 is 0 Å². The molecule has 0 aliphatic heterocycles. The van der Waals surface area contributed by atoms with E-state index < -0.39 is 0 Å². The van der Waals surface area contributed by atoms with Crippen molar-refractivity contribution < 1.29 is 9.90 Å². The third kappa shape index (κ3) is 4.17. The zero-order chi connectivity index (χ0) is 16.8. The molecule has 0 saturated carbocycles. The maximum atomic E-state index is 12.7. The summed E-state index contributed by atoms with van der Waals surface area (Å²) in [6.07, 6.45) is 2.14. The molecule has 0 aliphatic rings. The third-order valence-corrected chi connectivity index (χ3v) is 4.00. The molecule has 1 aromatic carbocycles. The molecule has 0 radical (unpaired) electrons. The van der Waals surface area contributed by atoms with Gasteiger partial charge in [-0.2, -0.15) is 0 Å². The van der Waals surface area contributed by atoms with Gasteiger partial charge in [-0.1, -0.05) is 44.2 Å². The predicted molar refractivity (Wildman–Crippen MR) is 91.3 cm³/mol. The number of hydrogen-bond acceptors (Lipinski definition) is 3. The Labute approximate surface area is 137 Å². The van der Waals surface area contributed by atoms with E-state index in [1.54, 1.807) is 18.1 Å². The van der Waals surface area contributed by atoms with E-state index in [1.165, 1.54) is 0 Å². The van der Waals surface area contributed by atoms with E-state index in [0.717, 1.165) is 11.3 Å². The van der Waals surface area contributed by atoms with Crippen LogP contribution in [-0.4, -0.2) is 34.6 Å². The molecule has 1 heterocycles. The summed E-state index contributed by atoms with van der Waals surface area (Å²) in [4.78, 5) is 18.8. The lowest BCUT2D eigenvalue weighted by Crippen LogP contribution is -2.32. The Morgan fingerprint density at radius 2 is 1.87 bits per heavy atom. The van der Waals surface area contributed by atoms with Crippen LogP contribution in [0.1, 0.15) is 53.8 Å². The quantitative estimate of drug-likeness (QED) is 0.889. The number of benzene rings is 1. The second-order valence-corrected chi connectivity index (χ2v) is 5.98. The van der Waals surface area contributed by atoms with Gasteiger partial charge in [0.05, 0.1) is 11.6 Å². The summed E-state index contributed by atoms with van der Waals surface area (Å²) < 4.78 is 0. The molecule has 1 N–H and O–H groups in total. The highest BCUT2D eigenvalue weighted by atomic mass is 16.3. The van der Waals surface area contributed by atoms with E-state index in [-0.39, 0.29) is 18.6 Å². The average molecular weight is 312 g/mol. The summed E-state index contributed by atoms with van der Waals surface area (Å²) >= 11 is 0. The number of nitrogens with zero attached hydrogens (tertiary/aromatic N) is 2. The second-order valence-electron chi connectivity index (χ2n) is 5.98. The number of carbonyl (C=O) groups excluding carboxylic acids is 1. The minimum atomic E-state index is -0.154. The molecule has 2 rings (SSSR count). The standard InChI is InChI=1S/C19H24N2O2/c1-14(2)17-10-9-16(13-20-17)19(23)21(3)18(11-12-22)15-7-5-4-6-8-15/h4-10,13-14,18,22H,11-12H2,1-3H3. The maximum Gasteiger partial charge on any atom is 0.255 e.